The Morgan fingerprint density at radius 3 is 2.58 bits per heavy atom. The summed E-state index contributed by atoms with van der Waals surface area (Å²) in [6, 6.07) is 11.2. The van der Waals surface area contributed by atoms with Crippen molar-refractivity contribution in [2.24, 2.45) is 0 Å². The van der Waals surface area contributed by atoms with E-state index in [4.69, 9.17) is 42.1 Å². The van der Waals surface area contributed by atoms with E-state index in [1.165, 1.54) is 25.3 Å². The van der Waals surface area contributed by atoms with E-state index in [0.29, 0.717) is 41.9 Å². The fourth-order valence-corrected chi connectivity index (χ4v) is 3.31. The van der Waals surface area contributed by atoms with E-state index in [9.17, 15) is 14.9 Å². The van der Waals surface area contributed by atoms with Crippen LogP contribution in [0.5, 0.6) is 17.2 Å². The summed E-state index contributed by atoms with van der Waals surface area (Å²) >= 11 is 11.9. The predicted octanol–water partition coefficient (Wildman–Crippen LogP) is 3.75. The molecular formula is C23H20Cl2N2O6. The summed E-state index contributed by atoms with van der Waals surface area (Å²) in [5.74, 6) is -0.407. The molecule has 1 amide bonds. The maximum atomic E-state index is 12.6. The summed E-state index contributed by atoms with van der Waals surface area (Å²) in [6.07, 6.45) is 1.45. The lowest BCUT2D eigenvalue weighted by Gasteiger charge is -2.26. The van der Waals surface area contributed by atoms with Gasteiger partial charge in [-0.15, -0.1) is 0 Å². The van der Waals surface area contributed by atoms with Crippen LogP contribution < -0.4 is 14.2 Å². The molecule has 1 aliphatic rings. The Bertz CT molecular complexity index is 1110. The average Bonchev–Trinajstić information content (AvgIpc) is 2.84. The van der Waals surface area contributed by atoms with Crippen molar-refractivity contribution in [1.29, 1.82) is 5.26 Å². The molecule has 1 saturated heterocycles. The van der Waals surface area contributed by atoms with Gasteiger partial charge in [-0.3, -0.25) is 4.79 Å². The number of amides is 1. The Morgan fingerprint density at radius 2 is 1.88 bits per heavy atom. The molecule has 3 rings (SSSR count). The number of nitrogens with zero attached hydrogens (tertiary/aromatic N) is 2. The van der Waals surface area contributed by atoms with Gasteiger partial charge in [0.25, 0.3) is 5.91 Å². The highest BCUT2D eigenvalue weighted by molar-refractivity contribution is 6.34. The van der Waals surface area contributed by atoms with E-state index in [0.717, 1.165) is 0 Å². The van der Waals surface area contributed by atoms with Gasteiger partial charge >= 0.3 is 5.97 Å². The van der Waals surface area contributed by atoms with E-state index in [1.807, 2.05) is 6.07 Å². The van der Waals surface area contributed by atoms with E-state index in [-0.39, 0.29) is 28.7 Å². The number of morpholine rings is 1. The lowest BCUT2D eigenvalue weighted by Crippen LogP contribution is -2.41. The second-order valence-electron chi connectivity index (χ2n) is 6.82. The summed E-state index contributed by atoms with van der Waals surface area (Å²) in [4.78, 5) is 26.4. The molecule has 33 heavy (non-hydrogen) atoms. The Labute approximate surface area is 200 Å². The second kappa shape index (κ2) is 11.6. The van der Waals surface area contributed by atoms with Crippen LogP contribution in [0.15, 0.2) is 42.0 Å². The van der Waals surface area contributed by atoms with Gasteiger partial charge in [0, 0.05) is 24.2 Å². The number of ether oxygens (including phenoxy) is 4. The van der Waals surface area contributed by atoms with Crippen molar-refractivity contribution in [3.8, 4) is 23.3 Å². The molecule has 1 aliphatic heterocycles. The molecule has 0 aliphatic carbocycles. The Morgan fingerprint density at radius 1 is 1.12 bits per heavy atom. The van der Waals surface area contributed by atoms with E-state index < -0.39 is 12.6 Å². The van der Waals surface area contributed by atoms with Gasteiger partial charge in [0.15, 0.2) is 18.1 Å². The van der Waals surface area contributed by atoms with Crippen molar-refractivity contribution >= 4 is 41.2 Å². The highest BCUT2D eigenvalue weighted by Gasteiger charge is 2.21. The molecule has 8 nitrogen and oxygen atoms in total. The van der Waals surface area contributed by atoms with Crippen LogP contribution in [0.1, 0.15) is 5.56 Å². The molecule has 0 bridgehead atoms. The monoisotopic (exact) mass is 490 g/mol. The van der Waals surface area contributed by atoms with Gasteiger partial charge in [0.2, 0.25) is 0 Å². The Kier molecular flexibility index (Phi) is 8.55. The molecule has 0 atom stereocenters. The molecule has 0 radical (unpaired) electrons. The topological polar surface area (TPSA) is 98.1 Å². The third kappa shape index (κ3) is 6.62. The molecule has 10 heteroatoms. The van der Waals surface area contributed by atoms with Crippen LogP contribution in [-0.2, 0) is 14.3 Å². The molecule has 1 heterocycles. The minimum absolute atomic E-state index is 0.0181. The zero-order valence-electron chi connectivity index (χ0n) is 17.7. The van der Waals surface area contributed by atoms with Gasteiger partial charge in [-0.1, -0.05) is 29.3 Å². The lowest BCUT2D eigenvalue weighted by molar-refractivity contribution is -0.136. The number of carbonyl (C=O) groups is 2. The molecule has 0 saturated carbocycles. The van der Waals surface area contributed by atoms with Crippen LogP contribution in [0.3, 0.4) is 0 Å². The van der Waals surface area contributed by atoms with E-state index in [1.54, 1.807) is 29.2 Å². The maximum Gasteiger partial charge on any atom is 0.349 e. The van der Waals surface area contributed by atoms with Crippen LogP contribution in [0.25, 0.3) is 6.08 Å². The number of carbonyl (C=O) groups excluding carboxylic acids is 2. The number of nitriles is 1. The summed E-state index contributed by atoms with van der Waals surface area (Å²) in [5.41, 5.74) is 0.516. The standard InChI is InChI=1S/C23H20Cl2N2O6/c1-30-21-11-15(10-16(13-26)23(29)27-6-8-31-9-7-27)2-5-19(21)33-22(28)14-32-20-12-17(24)3-4-18(20)25/h2-5,10-12H,6-9,14H2,1H3/b16-10+. The number of methoxy groups -OCH3 is 1. The van der Waals surface area contributed by atoms with Gasteiger partial charge in [-0.25, -0.2) is 4.79 Å². The minimum atomic E-state index is -0.687. The zero-order valence-corrected chi connectivity index (χ0v) is 19.2. The molecule has 2 aromatic carbocycles. The SMILES string of the molecule is COc1cc(/C=C(\C#N)C(=O)N2CCOCC2)ccc1OC(=O)COc1cc(Cl)ccc1Cl. The van der Waals surface area contributed by atoms with Gasteiger partial charge in [0.05, 0.1) is 25.3 Å². The van der Waals surface area contributed by atoms with Crippen LogP contribution in [-0.4, -0.2) is 56.8 Å². The molecule has 1 fully saturated rings. The van der Waals surface area contributed by atoms with Crippen molar-refractivity contribution in [2.45, 2.75) is 0 Å². The van der Waals surface area contributed by atoms with Crippen LogP contribution in [0.2, 0.25) is 10.0 Å². The van der Waals surface area contributed by atoms with Crippen LogP contribution in [0.4, 0.5) is 0 Å². The third-order valence-electron chi connectivity index (χ3n) is 4.61. The van der Waals surface area contributed by atoms with Gasteiger partial charge in [0.1, 0.15) is 17.4 Å². The largest absolute Gasteiger partial charge is 0.493 e. The van der Waals surface area contributed by atoms with Gasteiger partial charge in [-0.05, 0) is 35.9 Å². The fourth-order valence-electron chi connectivity index (χ4n) is 2.98. The van der Waals surface area contributed by atoms with Gasteiger partial charge < -0.3 is 23.8 Å². The fraction of sp³-hybridized carbons (Fsp3) is 0.261. The summed E-state index contributed by atoms with van der Waals surface area (Å²) in [6.45, 7) is 1.33. The maximum absolute atomic E-state index is 12.6. The molecule has 2 aromatic rings. The number of rotatable bonds is 7. The van der Waals surface area contributed by atoms with Crippen molar-refractivity contribution < 1.29 is 28.5 Å². The summed E-state index contributed by atoms with van der Waals surface area (Å²) in [7, 11) is 1.41. The van der Waals surface area contributed by atoms with Crippen molar-refractivity contribution in [2.75, 3.05) is 40.0 Å². The molecule has 0 unspecified atom stereocenters. The first-order chi connectivity index (χ1) is 15.9. The quantitative estimate of drug-likeness (QED) is 0.252. The minimum Gasteiger partial charge on any atom is -0.493 e. The van der Waals surface area contributed by atoms with Crippen molar-refractivity contribution in [3.63, 3.8) is 0 Å². The normalized spacial score (nSPS) is 13.8. The van der Waals surface area contributed by atoms with Crippen LogP contribution >= 0.6 is 23.2 Å². The smallest absolute Gasteiger partial charge is 0.349 e. The summed E-state index contributed by atoms with van der Waals surface area (Å²) in [5, 5.41) is 10.2. The number of hydrogen-bond donors (Lipinski definition) is 0. The molecule has 0 aromatic heterocycles. The molecule has 0 spiro atoms. The number of hydrogen-bond acceptors (Lipinski definition) is 7. The highest BCUT2D eigenvalue weighted by atomic mass is 35.5. The Hall–Kier alpha value is -3.25. The van der Waals surface area contributed by atoms with Gasteiger partial charge in [-0.2, -0.15) is 5.26 Å². The molecule has 172 valence electrons. The molecule has 0 N–H and O–H groups in total. The first-order valence-electron chi connectivity index (χ1n) is 9.86. The Balaban J connectivity index is 1.69. The zero-order chi connectivity index (χ0) is 23.8. The highest BCUT2D eigenvalue weighted by Crippen LogP contribution is 2.30. The first-order valence-corrected chi connectivity index (χ1v) is 10.6. The number of esters is 1. The van der Waals surface area contributed by atoms with Crippen molar-refractivity contribution in [1.82, 2.24) is 4.90 Å². The van der Waals surface area contributed by atoms with Crippen molar-refractivity contribution in [3.05, 3.63) is 57.6 Å². The van der Waals surface area contributed by atoms with Crippen LogP contribution in [0, 0.1) is 11.3 Å². The number of benzene rings is 2. The van der Waals surface area contributed by atoms with E-state index in [2.05, 4.69) is 0 Å². The number of halogens is 2. The lowest BCUT2D eigenvalue weighted by atomic mass is 10.1. The third-order valence-corrected chi connectivity index (χ3v) is 5.16. The predicted molar refractivity (Wildman–Crippen MR) is 122 cm³/mol. The first kappa shape index (κ1) is 24.4. The average molecular weight is 491 g/mol. The van der Waals surface area contributed by atoms with E-state index >= 15 is 0 Å². The molecular weight excluding hydrogens is 471 g/mol. The second-order valence-corrected chi connectivity index (χ2v) is 7.67. The summed E-state index contributed by atoms with van der Waals surface area (Å²) < 4.78 is 21.2.